The number of carbonyl (C=O) groups is 1. The fourth-order valence-corrected chi connectivity index (χ4v) is 2.66. The number of hydrogen-bond acceptors (Lipinski definition) is 4. The second kappa shape index (κ2) is 6.75. The third-order valence-corrected chi connectivity index (χ3v) is 4.26. The monoisotopic (exact) mass is 308 g/mol. The second-order valence-electron chi connectivity index (χ2n) is 5.81. The van der Waals surface area contributed by atoms with Gasteiger partial charge < -0.3 is 4.90 Å². The van der Waals surface area contributed by atoms with E-state index in [4.69, 9.17) is 11.6 Å². The Morgan fingerprint density at radius 2 is 2.05 bits per heavy atom. The minimum absolute atomic E-state index is 0.172. The molecular formula is C15H21ClN4O. The molecule has 0 bridgehead atoms. The fraction of sp³-hybridized carbons (Fsp3) is 0.533. The summed E-state index contributed by atoms with van der Waals surface area (Å²) >= 11 is 5.90. The first kappa shape index (κ1) is 14.8. The van der Waals surface area contributed by atoms with Crippen LogP contribution >= 0.6 is 11.6 Å². The summed E-state index contributed by atoms with van der Waals surface area (Å²) in [5.41, 5.74) is 9.91. The summed E-state index contributed by atoms with van der Waals surface area (Å²) in [7, 11) is 0. The lowest BCUT2D eigenvalue weighted by atomic mass is 10.1. The van der Waals surface area contributed by atoms with Gasteiger partial charge in [-0.1, -0.05) is 23.7 Å². The molecule has 1 aliphatic heterocycles. The first-order valence-corrected chi connectivity index (χ1v) is 7.87. The van der Waals surface area contributed by atoms with E-state index in [0.29, 0.717) is 12.5 Å². The van der Waals surface area contributed by atoms with Crippen molar-refractivity contribution in [1.29, 1.82) is 0 Å². The lowest BCUT2D eigenvalue weighted by molar-refractivity contribution is -0.133. The van der Waals surface area contributed by atoms with Crippen LogP contribution in [0.25, 0.3) is 0 Å². The molecule has 0 radical (unpaired) electrons. The van der Waals surface area contributed by atoms with Crippen LogP contribution in [0.1, 0.15) is 18.4 Å². The average Bonchev–Trinajstić information content (AvgIpc) is 3.14. The van der Waals surface area contributed by atoms with Gasteiger partial charge >= 0.3 is 0 Å². The highest BCUT2D eigenvalue weighted by Gasteiger charge is 2.31. The largest absolute Gasteiger partial charge is 0.341 e. The van der Waals surface area contributed by atoms with Crippen molar-refractivity contribution < 1.29 is 4.79 Å². The van der Waals surface area contributed by atoms with Crippen LogP contribution in [0.4, 0.5) is 0 Å². The van der Waals surface area contributed by atoms with Gasteiger partial charge in [-0.05, 0) is 42.9 Å². The Kier molecular flexibility index (Phi) is 4.75. The van der Waals surface area contributed by atoms with Gasteiger partial charge in [-0.3, -0.25) is 4.79 Å². The fourth-order valence-electron chi connectivity index (χ4n) is 2.53. The maximum absolute atomic E-state index is 12.5. The van der Waals surface area contributed by atoms with Crippen LogP contribution in [-0.2, 0) is 11.2 Å². The van der Waals surface area contributed by atoms with Crippen LogP contribution < -0.4 is 16.4 Å². The molecule has 2 aliphatic rings. The van der Waals surface area contributed by atoms with Gasteiger partial charge in [0.1, 0.15) is 6.04 Å². The quantitative estimate of drug-likeness (QED) is 0.737. The van der Waals surface area contributed by atoms with Gasteiger partial charge in [-0.2, -0.15) is 5.53 Å². The maximum Gasteiger partial charge on any atom is 0.242 e. The number of hydrogen-bond donors (Lipinski definition) is 3. The minimum Gasteiger partial charge on any atom is -0.341 e. The minimum atomic E-state index is -0.172. The summed E-state index contributed by atoms with van der Waals surface area (Å²) in [6.45, 7) is 2.26. The lowest BCUT2D eigenvalue weighted by Crippen LogP contribution is -2.48. The van der Waals surface area contributed by atoms with Crippen LogP contribution in [0, 0.1) is 5.92 Å². The Balaban J connectivity index is 1.58. The van der Waals surface area contributed by atoms with E-state index in [-0.39, 0.29) is 11.9 Å². The number of nitrogens with zero attached hydrogens (tertiary/aromatic N) is 1. The molecule has 1 saturated carbocycles. The van der Waals surface area contributed by atoms with E-state index < -0.39 is 0 Å². The molecule has 1 aromatic carbocycles. The molecule has 3 N–H and O–H groups in total. The zero-order valence-electron chi connectivity index (χ0n) is 11.9. The molecule has 0 spiro atoms. The second-order valence-corrected chi connectivity index (χ2v) is 6.24. The molecule has 21 heavy (non-hydrogen) atoms. The summed E-state index contributed by atoms with van der Waals surface area (Å²) in [6, 6.07) is 7.68. The molecule has 6 heteroatoms. The van der Waals surface area contributed by atoms with Crippen LogP contribution in [-0.4, -0.2) is 36.5 Å². The van der Waals surface area contributed by atoms with Crippen LogP contribution in [0.5, 0.6) is 0 Å². The number of amides is 1. The first-order chi connectivity index (χ1) is 10.2. The Morgan fingerprint density at radius 3 is 2.67 bits per heavy atom. The van der Waals surface area contributed by atoms with E-state index in [9.17, 15) is 4.79 Å². The van der Waals surface area contributed by atoms with Gasteiger partial charge in [0, 0.05) is 24.7 Å². The van der Waals surface area contributed by atoms with Crippen molar-refractivity contribution in [3.63, 3.8) is 0 Å². The SMILES string of the molecule is O=C(C1CNNN1)N(CCc1ccc(Cl)cc1)CC1CC1. The van der Waals surface area contributed by atoms with Crippen molar-refractivity contribution in [2.24, 2.45) is 5.92 Å². The molecule has 3 rings (SSSR count). The predicted octanol–water partition coefficient (Wildman–Crippen LogP) is 1.10. The number of rotatable bonds is 6. The van der Waals surface area contributed by atoms with Crippen molar-refractivity contribution in [1.82, 2.24) is 21.3 Å². The molecule has 1 amide bonds. The molecular weight excluding hydrogens is 288 g/mol. The van der Waals surface area contributed by atoms with E-state index in [2.05, 4.69) is 16.4 Å². The highest BCUT2D eigenvalue weighted by atomic mass is 35.5. The van der Waals surface area contributed by atoms with Crippen molar-refractivity contribution in [2.75, 3.05) is 19.6 Å². The molecule has 1 aliphatic carbocycles. The molecule has 2 fully saturated rings. The number of halogens is 1. The van der Waals surface area contributed by atoms with Gasteiger partial charge in [0.15, 0.2) is 0 Å². The van der Waals surface area contributed by atoms with E-state index >= 15 is 0 Å². The summed E-state index contributed by atoms with van der Waals surface area (Å²) in [6.07, 6.45) is 3.36. The molecule has 1 atom stereocenters. The van der Waals surface area contributed by atoms with Gasteiger partial charge in [0.25, 0.3) is 0 Å². The molecule has 1 saturated heterocycles. The van der Waals surface area contributed by atoms with Gasteiger partial charge in [0.2, 0.25) is 5.91 Å². The highest BCUT2D eigenvalue weighted by Crippen LogP contribution is 2.30. The Bertz CT molecular complexity index is 483. The van der Waals surface area contributed by atoms with E-state index in [0.717, 1.165) is 24.5 Å². The topological polar surface area (TPSA) is 56.4 Å². The van der Waals surface area contributed by atoms with Crippen molar-refractivity contribution in [2.45, 2.75) is 25.3 Å². The van der Waals surface area contributed by atoms with Crippen LogP contribution in [0.2, 0.25) is 5.02 Å². The molecule has 114 valence electrons. The summed E-state index contributed by atoms with van der Waals surface area (Å²) in [5, 5.41) is 0.747. The Morgan fingerprint density at radius 1 is 1.29 bits per heavy atom. The summed E-state index contributed by atoms with van der Waals surface area (Å²) in [5.74, 6) is 0.870. The summed E-state index contributed by atoms with van der Waals surface area (Å²) < 4.78 is 0. The first-order valence-electron chi connectivity index (χ1n) is 7.49. The molecule has 1 unspecified atom stereocenters. The van der Waals surface area contributed by atoms with E-state index in [1.165, 1.54) is 18.4 Å². The normalized spacial score (nSPS) is 21.5. The van der Waals surface area contributed by atoms with Gasteiger partial charge in [0.05, 0.1) is 0 Å². The third-order valence-electron chi connectivity index (χ3n) is 4.01. The van der Waals surface area contributed by atoms with Gasteiger partial charge in [-0.25, -0.2) is 10.9 Å². The van der Waals surface area contributed by atoms with Crippen LogP contribution in [0.15, 0.2) is 24.3 Å². The van der Waals surface area contributed by atoms with Crippen molar-refractivity contribution in [3.05, 3.63) is 34.9 Å². The van der Waals surface area contributed by atoms with Crippen molar-refractivity contribution in [3.8, 4) is 0 Å². The molecule has 1 aromatic rings. The third kappa shape index (κ3) is 4.17. The average molecular weight is 309 g/mol. The smallest absolute Gasteiger partial charge is 0.242 e. The maximum atomic E-state index is 12.5. The number of carbonyl (C=O) groups excluding carboxylic acids is 1. The number of hydrazine groups is 2. The standard InChI is InChI=1S/C15H21ClN4O/c16-13-5-3-11(4-6-13)7-8-20(10-12-1-2-12)15(21)14-9-17-19-18-14/h3-6,12,14,17-19H,1-2,7-10H2. The zero-order chi connectivity index (χ0) is 14.7. The highest BCUT2D eigenvalue weighted by molar-refractivity contribution is 6.30. The Hall–Kier alpha value is -1.14. The number of benzene rings is 1. The Labute approximate surface area is 130 Å². The van der Waals surface area contributed by atoms with Gasteiger partial charge in [-0.15, -0.1) is 0 Å². The number of nitrogens with one attached hydrogen (secondary N) is 3. The zero-order valence-corrected chi connectivity index (χ0v) is 12.7. The molecule has 0 aromatic heterocycles. The van der Waals surface area contributed by atoms with E-state index in [1.807, 2.05) is 29.2 Å². The summed E-state index contributed by atoms with van der Waals surface area (Å²) in [4.78, 5) is 14.5. The van der Waals surface area contributed by atoms with E-state index in [1.54, 1.807) is 0 Å². The lowest BCUT2D eigenvalue weighted by Gasteiger charge is -2.25. The predicted molar refractivity (Wildman–Crippen MR) is 82.5 cm³/mol. The molecule has 5 nitrogen and oxygen atoms in total. The molecule has 1 heterocycles. The van der Waals surface area contributed by atoms with Crippen LogP contribution in [0.3, 0.4) is 0 Å². The van der Waals surface area contributed by atoms with Crippen molar-refractivity contribution >= 4 is 17.5 Å².